The van der Waals surface area contributed by atoms with Crippen molar-refractivity contribution in [2.45, 2.75) is 63.8 Å². The van der Waals surface area contributed by atoms with E-state index in [-0.39, 0.29) is 29.9 Å². The Balaban J connectivity index is 1.73. The maximum Gasteiger partial charge on any atom is 0.244 e. The van der Waals surface area contributed by atoms with E-state index < -0.39 is 20.0 Å². The zero-order valence-corrected chi connectivity index (χ0v) is 23.6. The van der Waals surface area contributed by atoms with Gasteiger partial charge in [0.2, 0.25) is 20.0 Å². The fraction of sp³-hybridized carbons (Fsp3) is 0.429. The standard InChI is InChI=1S/C28H36N2O4S2/c1-19(2)27-16-25-17-29(35(31,32)26-11-9-20(3)10-12-26)13-7-8-24(25)18-30(27)36(33,34)28-22(5)14-21(4)15-23(28)6/h8-12,14-16,19,27H,7,13,17-18H2,1-6H3/t27-/m1/s1. The van der Waals surface area contributed by atoms with Crippen LogP contribution < -0.4 is 0 Å². The zero-order valence-electron chi connectivity index (χ0n) is 21.9. The zero-order chi connectivity index (χ0) is 26.4. The summed E-state index contributed by atoms with van der Waals surface area (Å²) in [5.74, 6) is 0.0188. The minimum absolute atomic E-state index is 0.0188. The number of rotatable bonds is 5. The Morgan fingerprint density at radius 1 is 0.806 bits per heavy atom. The smallest absolute Gasteiger partial charge is 0.207 e. The maximum atomic E-state index is 14.0. The first kappa shape index (κ1) is 26.8. The number of nitrogens with zero attached hydrogens (tertiary/aromatic N) is 2. The van der Waals surface area contributed by atoms with E-state index in [1.807, 2.05) is 65.8 Å². The normalized spacial score (nSPS) is 20.0. The van der Waals surface area contributed by atoms with E-state index in [9.17, 15) is 16.8 Å². The third-order valence-electron chi connectivity index (χ3n) is 7.07. The molecule has 0 aliphatic carbocycles. The molecule has 0 fully saturated rings. The molecule has 0 spiro atoms. The Morgan fingerprint density at radius 3 is 2.00 bits per heavy atom. The van der Waals surface area contributed by atoms with Gasteiger partial charge in [0.15, 0.2) is 0 Å². The summed E-state index contributed by atoms with van der Waals surface area (Å²) < 4.78 is 58.0. The summed E-state index contributed by atoms with van der Waals surface area (Å²) in [5.41, 5.74) is 5.31. The summed E-state index contributed by atoms with van der Waals surface area (Å²) in [5, 5.41) is 0. The maximum absolute atomic E-state index is 14.0. The van der Waals surface area contributed by atoms with Crippen molar-refractivity contribution >= 4 is 20.0 Å². The second kappa shape index (κ2) is 9.89. The number of hydrogen-bond acceptors (Lipinski definition) is 4. The first-order chi connectivity index (χ1) is 16.8. The highest BCUT2D eigenvalue weighted by Gasteiger charge is 2.39. The van der Waals surface area contributed by atoms with Gasteiger partial charge < -0.3 is 0 Å². The van der Waals surface area contributed by atoms with Crippen LogP contribution in [0.2, 0.25) is 0 Å². The molecule has 0 unspecified atom stereocenters. The fourth-order valence-corrected chi connectivity index (χ4v) is 8.83. The molecule has 0 aromatic heterocycles. The van der Waals surface area contributed by atoms with Crippen molar-refractivity contribution in [1.29, 1.82) is 0 Å². The molecule has 6 nitrogen and oxygen atoms in total. The molecule has 4 rings (SSSR count). The molecule has 2 aliphatic heterocycles. The minimum atomic E-state index is -3.77. The SMILES string of the molecule is Cc1ccc(S(=O)(=O)N2CCC=C3CN(S(=O)(=O)c4c(C)cc(C)cc4C)[C@@H](C(C)C)C=C3C2)cc1. The van der Waals surface area contributed by atoms with Crippen LogP contribution in [0, 0.1) is 33.6 Å². The molecule has 194 valence electrons. The van der Waals surface area contributed by atoms with E-state index in [4.69, 9.17) is 0 Å². The minimum Gasteiger partial charge on any atom is -0.207 e. The van der Waals surface area contributed by atoms with Crippen LogP contribution in [0.1, 0.15) is 42.5 Å². The van der Waals surface area contributed by atoms with Crippen molar-refractivity contribution in [2.75, 3.05) is 19.6 Å². The van der Waals surface area contributed by atoms with Crippen molar-refractivity contribution in [1.82, 2.24) is 8.61 Å². The van der Waals surface area contributed by atoms with Crippen LogP contribution in [-0.2, 0) is 20.0 Å². The molecule has 2 aliphatic rings. The van der Waals surface area contributed by atoms with Gasteiger partial charge in [-0.15, -0.1) is 0 Å². The van der Waals surface area contributed by atoms with E-state index in [0.717, 1.165) is 33.4 Å². The molecule has 36 heavy (non-hydrogen) atoms. The highest BCUT2D eigenvalue weighted by molar-refractivity contribution is 7.89. The number of aryl methyl sites for hydroxylation is 4. The first-order valence-electron chi connectivity index (χ1n) is 12.4. The van der Waals surface area contributed by atoms with Gasteiger partial charge in [-0.2, -0.15) is 8.61 Å². The molecule has 2 aromatic carbocycles. The predicted molar refractivity (Wildman–Crippen MR) is 144 cm³/mol. The molecule has 1 atom stereocenters. The van der Waals surface area contributed by atoms with Crippen LogP contribution in [0.5, 0.6) is 0 Å². The van der Waals surface area contributed by atoms with Crippen LogP contribution in [0.4, 0.5) is 0 Å². The lowest BCUT2D eigenvalue weighted by atomic mass is 9.93. The van der Waals surface area contributed by atoms with E-state index in [0.29, 0.717) is 17.9 Å². The lowest BCUT2D eigenvalue weighted by molar-refractivity contribution is 0.308. The van der Waals surface area contributed by atoms with Crippen LogP contribution in [0.25, 0.3) is 0 Å². The largest absolute Gasteiger partial charge is 0.244 e. The number of benzene rings is 2. The topological polar surface area (TPSA) is 74.8 Å². The van der Waals surface area contributed by atoms with Gasteiger partial charge in [-0.3, -0.25) is 0 Å². The van der Waals surface area contributed by atoms with Gasteiger partial charge in [-0.1, -0.05) is 61.4 Å². The summed E-state index contributed by atoms with van der Waals surface area (Å²) in [6, 6.07) is 10.4. The summed E-state index contributed by atoms with van der Waals surface area (Å²) in [7, 11) is -7.43. The van der Waals surface area contributed by atoms with Crippen molar-refractivity contribution in [3.05, 3.63) is 82.0 Å². The predicted octanol–water partition coefficient (Wildman–Crippen LogP) is 4.90. The van der Waals surface area contributed by atoms with Crippen molar-refractivity contribution < 1.29 is 16.8 Å². The molecule has 0 amide bonds. The molecule has 2 heterocycles. The summed E-state index contributed by atoms with van der Waals surface area (Å²) in [4.78, 5) is 0.649. The Bertz CT molecular complexity index is 1410. The Hall–Kier alpha value is -2.26. The molecular weight excluding hydrogens is 492 g/mol. The van der Waals surface area contributed by atoms with Gasteiger partial charge in [0.05, 0.1) is 9.79 Å². The van der Waals surface area contributed by atoms with Crippen molar-refractivity contribution in [3.8, 4) is 0 Å². The molecule has 0 N–H and O–H groups in total. The second-order valence-corrected chi connectivity index (χ2v) is 14.1. The average Bonchev–Trinajstić information content (AvgIpc) is 3.00. The van der Waals surface area contributed by atoms with Crippen molar-refractivity contribution in [3.63, 3.8) is 0 Å². The number of fused-ring (bicyclic) bond motifs is 1. The molecule has 0 saturated heterocycles. The highest BCUT2D eigenvalue weighted by Crippen LogP contribution is 2.35. The van der Waals surface area contributed by atoms with Gasteiger partial charge >= 0.3 is 0 Å². The van der Waals surface area contributed by atoms with Crippen LogP contribution in [0.15, 0.2) is 69.5 Å². The second-order valence-electron chi connectivity index (χ2n) is 10.4. The van der Waals surface area contributed by atoms with Gasteiger partial charge in [0.25, 0.3) is 0 Å². The number of hydrogen-bond donors (Lipinski definition) is 0. The fourth-order valence-electron chi connectivity index (χ4n) is 5.30. The molecule has 2 aromatic rings. The van der Waals surface area contributed by atoms with Crippen LogP contribution in [0.3, 0.4) is 0 Å². The summed E-state index contributed by atoms with van der Waals surface area (Å²) in [6.07, 6.45) is 4.50. The summed E-state index contributed by atoms with van der Waals surface area (Å²) >= 11 is 0. The van der Waals surface area contributed by atoms with E-state index in [1.165, 1.54) is 4.31 Å². The monoisotopic (exact) mass is 528 g/mol. The highest BCUT2D eigenvalue weighted by atomic mass is 32.2. The molecular formula is C28H36N2O4S2. The van der Waals surface area contributed by atoms with Crippen molar-refractivity contribution in [2.24, 2.45) is 5.92 Å². The third-order valence-corrected chi connectivity index (χ3v) is 11.1. The quantitative estimate of drug-likeness (QED) is 0.554. The molecule has 0 saturated carbocycles. The lowest BCUT2D eigenvalue weighted by Gasteiger charge is -2.38. The summed E-state index contributed by atoms with van der Waals surface area (Å²) in [6.45, 7) is 12.4. The average molecular weight is 529 g/mol. The Labute approximate surface area is 216 Å². The Morgan fingerprint density at radius 2 is 1.42 bits per heavy atom. The third kappa shape index (κ3) is 4.96. The van der Waals surface area contributed by atoms with E-state index >= 15 is 0 Å². The lowest BCUT2D eigenvalue weighted by Crippen LogP contribution is -2.47. The van der Waals surface area contributed by atoms with Crippen LogP contribution >= 0.6 is 0 Å². The Kier molecular flexibility index (Phi) is 7.36. The van der Waals surface area contributed by atoms with Gasteiger partial charge in [0, 0.05) is 25.7 Å². The van der Waals surface area contributed by atoms with Gasteiger partial charge in [0.1, 0.15) is 0 Å². The van der Waals surface area contributed by atoms with E-state index in [2.05, 4.69) is 0 Å². The van der Waals surface area contributed by atoms with Gasteiger partial charge in [-0.25, -0.2) is 16.8 Å². The molecule has 0 radical (unpaired) electrons. The first-order valence-corrected chi connectivity index (χ1v) is 15.3. The molecule has 8 heteroatoms. The molecule has 0 bridgehead atoms. The van der Waals surface area contributed by atoms with Crippen LogP contribution in [-0.4, -0.2) is 51.1 Å². The van der Waals surface area contributed by atoms with Gasteiger partial charge in [-0.05, 0) is 74.4 Å². The number of sulfonamides is 2. The van der Waals surface area contributed by atoms with E-state index in [1.54, 1.807) is 28.6 Å².